The van der Waals surface area contributed by atoms with Crippen molar-refractivity contribution in [1.29, 1.82) is 0 Å². The van der Waals surface area contributed by atoms with Gasteiger partial charge in [0.05, 0.1) is 19.6 Å². The van der Waals surface area contributed by atoms with E-state index in [1.54, 1.807) is 0 Å². The highest BCUT2D eigenvalue weighted by Gasteiger charge is 2.27. The fraction of sp³-hybridized carbons (Fsp3) is 0.611. The van der Waals surface area contributed by atoms with Crippen LogP contribution in [0.5, 0.6) is 5.75 Å². The first kappa shape index (κ1) is 18.1. The van der Waals surface area contributed by atoms with Crippen LogP contribution in [0.2, 0.25) is 0 Å². The molecule has 1 fully saturated rings. The van der Waals surface area contributed by atoms with Crippen molar-refractivity contribution in [2.24, 2.45) is 11.8 Å². The summed E-state index contributed by atoms with van der Waals surface area (Å²) >= 11 is 0. The molecule has 1 aromatic rings. The molecule has 0 N–H and O–H groups in total. The van der Waals surface area contributed by atoms with Crippen molar-refractivity contribution in [3.8, 4) is 5.75 Å². The third-order valence-electron chi connectivity index (χ3n) is 4.85. The standard InChI is InChI=1S/C18H25NO3.ClH/c1-21-18(20)16-6-4-9-19(12-16)10-8-14-11-15-5-2-3-7-17(15)22-13-14;/h2-3,5,7,14,16H,4,6,8-13H2,1H3;1H. The third kappa shape index (κ3) is 4.61. The van der Waals surface area contributed by atoms with Crippen LogP contribution in [0.1, 0.15) is 24.8 Å². The number of rotatable bonds is 4. The van der Waals surface area contributed by atoms with Gasteiger partial charge in [-0.15, -0.1) is 12.4 Å². The highest BCUT2D eigenvalue weighted by atomic mass is 35.5. The Morgan fingerprint density at radius 1 is 1.39 bits per heavy atom. The number of halogens is 1. The van der Waals surface area contributed by atoms with Crippen molar-refractivity contribution in [2.75, 3.05) is 33.4 Å². The Morgan fingerprint density at radius 2 is 2.22 bits per heavy atom. The van der Waals surface area contributed by atoms with E-state index < -0.39 is 0 Å². The number of hydrogen-bond donors (Lipinski definition) is 0. The normalized spacial score (nSPS) is 24.0. The number of nitrogens with zero attached hydrogens (tertiary/aromatic N) is 1. The summed E-state index contributed by atoms with van der Waals surface area (Å²) in [5.41, 5.74) is 1.32. The van der Waals surface area contributed by atoms with E-state index in [2.05, 4.69) is 23.1 Å². The molecule has 4 nitrogen and oxygen atoms in total. The number of methoxy groups -OCH3 is 1. The number of carbonyl (C=O) groups is 1. The summed E-state index contributed by atoms with van der Waals surface area (Å²) < 4.78 is 10.7. The summed E-state index contributed by atoms with van der Waals surface area (Å²) in [6, 6.07) is 8.32. The van der Waals surface area contributed by atoms with Gasteiger partial charge >= 0.3 is 5.97 Å². The molecule has 0 bridgehead atoms. The molecule has 2 heterocycles. The highest BCUT2D eigenvalue weighted by Crippen LogP contribution is 2.28. The summed E-state index contributed by atoms with van der Waals surface area (Å²) in [4.78, 5) is 14.1. The topological polar surface area (TPSA) is 38.8 Å². The average molecular weight is 340 g/mol. The van der Waals surface area contributed by atoms with Crippen molar-refractivity contribution < 1.29 is 14.3 Å². The molecule has 0 spiro atoms. The molecule has 1 aromatic carbocycles. The average Bonchev–Trinajstić information content (AvgIpc) is 2.59. The van der Waals surface area contributed by atoms with Crippen molar-refractivity contribution in [1.82, 2.24) is 4.90 Å². The van der Waals surface area contributed by atoms with Gasteiger partial charge in [-0.05, 0) is 56.3 Å². The van der Waals surface area contributed by atoms with Gasteiger partial charge in [-0.3, -0.25) is 4.79 Å². The first-order chi connectivity index (χ1) is 10.8. The molecule has 3 rings (SSSR count). The molecule has 2 aliphatic rings. The Labute approximate surface area is 144 Å². The minimum atomic E-state index is -0.0559. The van der Waals surface area contributed by atoms with Gasteiger partial charge in [0.2, 0.25) is 0 Å². The summed E-state index contributed by atoms with van der Waals surface area (Å²) in [6.07, 6.45) is 4.28. The van der Waals surface area contributed by atoms with Crippen molar-refractivity contribution >= 4 is 18.4 Å². The Bertz CT molecular complexity index is 523. The van der Waals surface area contributed by atoms with Crippen molar-refractivity contribution in [2.45, 2.75) is 25.7 Å². The predicted octanol–water partition coefficient (Wildman–Crippen LogP) is 2.93. The van der Waals surface area contributed by atoms with Crippen LogP contribution in [-0.2, 0) is 16.0 Å². The molecule has 0 amide bonds. The number of benzene rings is 1. The quantitative estimate of drug-likeness (QED) is 0.791. The molecule has 0 aromatic heterocycles. The van der Waals surface area contributed by atoms with E-state index in [1.165, 1.54) is 12.7 Å². The van der Waals surface area contributed by atoms with Crippen molar-refractivity contribution in [3.05, 3.63) is 29.8 Å². The fourth-order valence-corrected chi connectivity index (χ4v) is 3.56. The number of hydrogen-bond acceptors (Lipinski definition) is 4. The van der Waals surface area contributed by atoms with Crippen LogP contribution >= 0.6 is 12.4 Å². The minimum absolute atomic E-state index is 0. The lowest BCUT2D eigenvalue weighted by Crippen LogP contribution is -2.40. The molecular formula is C18H26ClNO3. The summed E-state index contributed by atoms with van der Waals surface area (Å²) in [7, 11) is 1.48. The third-order valence-corrected chi connectivity index (χ3v) is 4.85. The van der Waals surface area contributed by atoms with Crippen LogP contribution in [0.15, 0.2) is 24.3 Å². The number of para-hydroxylation sites is 1. The van der Waals surface area contributed by atoms with Crippen LogP contribution in [0.4, 0.5) is 0 Å². The smallest absolute Gasteiger partial charge is 0.309 e. The van der Waals surface area contributed by atoms with E-state index in [4.69, 9.17) is 9.47 Å². The molecule has 0 saturated carbocycles. The molecule has 2 unspecified atom stereocenters. The van der Waals surface area contributed by atoms with Gasteiger partial charge in [-0.25, -0.2) is 0 Å². The van der Waals surface area contributed by atoms with E-state index in [0.29, 0.717) is 5.92 Å². The van der Waals surface area contributed by atoms with E-state index in [-0.39, 0.29) is 24.3 Å². The van der Waals surface area contributed by atoms with Crippen LogP contribution in [-0.4, -0.2) is 44.2 Å². The number of ether oxygens (including phenoxy) is 2. The monoisotopic (exact) mass is 339 g/mol. The second kappa shape index (κ2) is 8.55. The first-order valence-electron chi connectivity index (χ1n) is 8.27. The van der Waals surface area contributed by atoms with Crippen LogP contribution < -0.4 is 4.74 Å². The van der Waals surface area contributed by atoms with E-state index in [9.17, 15) is 4.79 Å². The van der Waals surface area contributed by atoms with Gasteiger partial charge in [-0.2, -0.15) is 0 Å². The Hall–Kier alpha value is -1.26. The van der Waals surface area contributed by atoms with Crippen LogP contribution in [0.25, 0.3) is 0 Å². The SMILES string of the molecule is COC(=O)C1CCCN(CCC2COc3ccccc3C2)C1.Cl. The minimum Gasteiger partial charge on any atom is -0.493 e. The molecule has 23 heavy (non-hydrogen) atoms. The van der Waals surface area contributed by atoms with Gasteiger partial charge in [0, 0.05) is 6.54 Å². The number of likely N-dealkylation sites (tertiary alicyclic amines) is 1. The van der Waals surface area contributed by atoms with Gasteiger partial charge in [0.1, 0.15) is 5.75 Å². The lowest BCUT2D eigenvalue weighted by atomic mass is 9.93. The fourth-order valence-electron chi connectivity index (χ4n) is 3.56. The number of esters is 1. The van der Waals surface area contributed by atoms with Gasteiger partial charge in [-0.1, -0.05) is 18.2 Å². The molecule has 0 aliphatic carbocycles. The lowest BCUT2D eigenvalue weighted by Gasteiger charge is -2.33. The molecular weight excluding hydrogens is 314 g/mol. The van der Waals surface area contributed by atoms with Crippen LogP contribution in [0.3, 0.4) is 0 Å². The Morgan fingerprint density at radius 3 is 3.04 bits per heavy atom. The zero-order valence-electron chi connectivity index (χ0n) is 13.7. The number of carbonyl (C=O) groups excluding carboxylic acids is 1. The second-order valence-electron chi connectivity index (χ2n) is 6.44. The Balaban J connectivity index is 0.00000192. The van der Waals surface area contributed by atoms with Gasteiger partial charge in [0.25, 0.3) is 0 Å². The predicted molar refractivity (Wildman–Crippen MR) is 92.2 cm³/mol. The molecule has 2 atom stereocenters. The summed E-state index contributed by atoms with van der Waals surface area (Å²) in [6.45, 7) is 3.80. The van der Waals surface area contributed by atoms with E-state index >= 15 is 0 Å². The maximum absolute atomic E-state index is 11.7. The van der Waals surface area contributed by atoms with E-state index in [1.807, 2.05) is 6.07 Å². The van der Waals surface area contributed by atoms with Crippen molar-refractivity contribution in [3.63, 3.8) is 0 Å². The maximum Gasteiger partial charge on any atom is 0.309 e. The molecule has 128 valence electrons. The summed E-state index contributed by atoms with van der Waals surface area (Å²) in [5, 5.41) is 0. The highest BCUT2D eigenvalue weighted by molar-refractivity contribution is 5.85. The molecule has 2 aliphatic heterocycles. The molecule has 1 saturated heterocycles. The Kier molecular flexibility index (Phi) is 6.72. The molecule has 5 heteroatoms. The van der Waals surface area contributed by atoms with Gasteiger partial charge < -0.3 is 14.4 Å². The first-order valence-corrected chi connectivity index (χ1v) is 8.27. The largest absolute Gasteiger partial charge is 0.493 e. The summed E-state index contributed by atoms with van der Waals surface area (Å²) in [5.74, 6) is 1.62. The lowest BCUT2D eigenvalue weighted by molar-refractivity contribution is -0.147. The second-order valence-corrected chi connectivity index (χ2v) is 6.44. The van der Waals surface area contributed by atoms with Crippen LogP contribution in [0, 0.1) is 11.8 Å². The maximum atomic E-state index is 11.7. The zero-order chi connectivity index (χ0) is 15.4. The molecule has 0 radical (unpaired) electrons. The number of piperidine rings is 1. The van der Waals surface area contributed by atoms with Gasteiger partial charge in [0.15, 0.2) is 0 Å². The van der Waals surface area contributed by atoms with E-state index in [0.717, 1.165) is 57.7 Å². The number of fused-ring (bicyclic) bond motifs is 1. The zero-order valence-corrected chi connectivity index (χ0v) is 14.5.